The van der Waals surface area contributed by atoms with Crippen LogP contribution in [0.15, 0.2) is 5.16 Å². The first kappa shape index (κ1) is 8.07. The molecule has 1 N–H and O–H groups in total. The first-order chi connectivity index (χ1) is 5.16. The lowest BCUT2D eigenvalue weighted by molar-refractivity contribution is 0.322. The Morgan fingerprint density at radius 3 is 2.73 bits per heavy atom. The van der Waals surface area contributed by atoms with Gasteiger partial charge in [-0.15, -0.1) is 0 Å². The van der Waals surface area contributed by atoms with Gasteiger partial charge in [0, 0.05) is 7.05 Å². The van der Waals surface area contributed by atoms with Crippen LogP contribution in [0.3, 0.4) is 0 Å². The summed E-state index contributed by atoms with van der Waals surface area (Å²) in [6.45, 7) is 1.79. The van der Waals surface area contributed by atoms with Crippen LogP contribution in [0.1, 0.15) is 11.3 Å². The van der Waals surface area contributed by atoms with Crippen molar-refractivity contribution in [3.63, 3.8) is 0 Å². The van der Waals surface area contributed by atoms with Gasteiger partial charge in [-0.3, -0.25) is 4.68 Å². The van der Waals surface area contributed by atoms with Crippen LogP contribution < -0.4 is 0 Å². The number of nitrogens with zero attached hydrogens (tertiary/aromatic N) is 3. The molecule has 1 rings (SSSR count). The second-order valence-corrected chi connectivity index (χ2v) is 2.52. The number of aryl methyl sites for hydroxylation is 2. The zero-order valence-electron chi connectivity index (χ0n) is 6.24. The number of oxime groups is 1. The molecule has 0 aliphatic carbocycles. The Morgan fingerprint density at radius 2 is 2.36 bits per heavy atom. The topological polar surface area (TPSA) is 50.4 Å². The minimum absolute atomic E-state index is 0.473. The highest BCUT2D eigenvalue weighted by Gasteiger charge is 2.07. The van der Waals surface area contributed by atoms with Crippen molar-refractivity contribution in [2.24, 2.45) is 12.2 Å². The lowest BCUT2D eigenvalue weighted by Gasteiger charge is -1.88. The maximum absolute atomic E-state index is 8.25. The van der Waals surface area contributed by atoms with E-state index in [1.165, 1.54) is 10.9 Å². The predicted molar refractivity (Wildman–Crippen MR) is 42.3 cm³/mol. The fraction of sp³-hybridized carbons (Fsp3) is 0.333. The Balaban J connectivity index is 3.22. The molecule has 0 fully saturated rings. The van der Waals surface area contributed by atoms with E-state index in [0.717, 1.165) is 5.69 Å². The van der Waals surface area contributed by atoms with Crippen molar-refractivity contribution in [2.75, 3.05) is 0 Å². The third-order valence-electron chi connectivity index (χ3n) is 1.38. The summed E-state index contributed by atoms with van der Waals surface area (Å²) in [6.07, 6.45) is 1.27. The molecular weight excluding hydrogens is 166 g/mol. The highest BCUT2D eigenvalue weighted by molar-refractivity contribution is 6.32. The van der Waals surface area contributed by atoms with E-state index in [0.29, 0.717) is 10.7 Å². The maximum Gasteiger partial charge on any atom is 0.135 e. The van der Waals surface area contributed by atoms with E-state index in [1.807, 2.05) is 0 Å². The first-order valence-electron chi connectivity index (χ1n) is 3.03. The third kappa shape index (κ3) is 1.35. The van der Waals surface area contributed by atoms with Gasteiger partial charge in [0.25, 0.3) is 0 Å². The van der Waals surface area contributed by atoms with Crippen molar-refractivity contribution in [3.05, 3.63) is 16.4 Å². The average Bonchev–Trinajstić information content (AvgIpc) is 2.17. The van der Waals surface area contributed by atoms with Gasteiger partial charge in [-0.25, -0.2) is 0 Å². The molecule has 0 aromatic carbocycles. The SMILES string of the molecule is Cc1nn(C)c(Cl)c1/C=N/O. The van der Waals surface area contributed by atoms with E-state index in [-0.39, 0.29) is 0 Å². The number of hydrogen-bond acceptors (Lipinski definition) is 3. The molecule has 1 heterocycles. The van der Waals surface area contributed by atoms with Crippen LogP contribution in [0.5, 0.6) is 0 Å². The monoisotopic (exact) mass is 173 g/mol. The van der Waals surface area contributed by atoms with Crippen molar-refractivity contribution < 1.29 is 5.21 Å². The molecule has 0 saturated carbocycles. The molecule has 0 saturated heterocycles. The normalized spacial score (nSPS) is 11.2. The number of rotatable bonds is 1. The van der Waals surface area contributed by atoms with E-state index < -0.39 is 0 Å². The number of aromatic nitrogens is 2. The summed E-state index contributed by atoms with van der Waals surface area (Å²) in [5, 5.41) is 15.6. The summed E-state index contributed by atoms with van der Waals surface area (Å²) in [4.78, 5) is 0. The zero-order valence-corrected chi connectivity index (χ0v) is 7.00. The van der Waals surface area contributed by atoms with E-state index in [9.17, 15) is 0 Å². The van der Waals surface area contributed by atoms with Crippen molar-refractivity contribution in [3.8, 4) is 0 Å². The Kier molecular flexibility index (Phi) is 2.14. The number of halogens is 1. The second kappa shape index (κ2) is 2.92. The van der Waals surface area contributed by atoms with Crippen LogP contribution in [0.2, 0.25) is 5.15 Å². The smallest absolute Gasteiger partial charge is 0.135 e. The minimum Gasteiger partial charge on any atom is -0.411 e. The molecule has 0 spiro atoms. The van der Waals surface area contributed by atoms with Gasteiger partial charge in [0.05, 0.1) is 17.5 Å². The molecule has 0 amide bonds. The van der Waals surface area contributed by atoms with Crippen LogP contribution in [-0.2, 0) is 7.05 Å². The fourth-order valence-electron chi connectivity index (χ4n) is 0.851. The lowest BCUT2D eigenvalue weighted by Crippen LogP contribution is -1.89. The molecule has 5 heteroatoms. The Bertz CT molecular complexity index is 292. The van der Waals surface area contributed by atoms with E-state index in [4.69, 9.17) is 16.8 Å². The summed E-state index contributed by atoms with van der Waals surface area (Å²) in [6, 6.07) is 0. The van der Waals surface area contributed by atoms with Crippen molar-refractivity contribution in [1.82, 2.24) is 9.78 Å². The molecule has 60 valence electrons. The fourth-order valence-corrected chi connectivity index (χ4v) is 1.07. The molecule has 0 atom stereocenters. The Hall–Kier alpha value is -1.03. The van der Waals surface area contributed by atoms with Gasteiger partial charge in [0.1, 0.15) is 5.15 Å². The molecule has 0 aliphatic rings. The third-order valence-corrected chi connectivity index (χ3v) is 1.83. The van der Waals surface area contributed by atoms with Gasteiger partial charge in [-0.2, -0.15) is 5.10 Å². The van der Waals surface area contributed by atoms with Crippen molar-refractivity contribution in [2.45, 2.75) is 6.92 Å². The van der Waals surface area contributed by atoms with Gasteiger partial charge >= 0.3 is 0 Å². The quantitative estimate of drug-likeness (QED) is 0.394. The van der Waals surface area contributed by atoms with Crippen LogP contribution in [0.4, 0.5) is 0 Å². The Morgan fingerprint density at radius 1 is 1.73 bits per heavy atom. The summed E-state index contributed by atoms with van der Waals surface area (Å²) < 4.78 is 1.52. The van der Waals surface area contributed by atoms with Crippen LogP contribution >= 0.6 is 11.6 Å². The van der Waals surface area contributed by atoms with Crippen molar-refractivity contribution >= 4 is 17.8 Å². The highest BCUT2D eigenvalue weighted by Crippen LogP contribution is 2.15. The van der Waals surface area contributed by atoms with Gasteiger partial charge in [-0.05, 0) is 6.92 Å². The van der Waals surface area contributed by atoms with Crippen LogP contribution in [-0.4, -0.2) is 21.2 Å². The summed E-state index contributed by atoms with van der Waals surface area (Å²) >= 11 is 5.79. The lowest BCUT2D eigenvalue weighted by atomic mass is 10.3. The Labute approximate surface area is 69.1 Å². The highest BCUT2D eigenvalue weighted by atomic mass is 35.5. The van der Waals surface area contributed by atoms with E-state index in [2.05, 4.69) is 10.3 Å². The summed E-state index contributed by atoms with van der Waals surface area (Å²) in [7, 11) is 1.73. The van der Waals surface area contributed by atoms with Crippen molar-refractivity contribution in [1.29, 1.82) is 0 Å². The summed E-state index contributed by atoms with van der Waals surface area (Å²) in [5.74, 6) is 0. The molecule has 1 aromatic heterocycles. The molecule has 0 aliphatic heterocycles. The standard InChI is InChI=1S/C6H8ClN3O/c1-4-5(3-8-11)6(7)10(2)9-4/h3,11H,1-2H3/b8-3+. The molecule has 0 radical (unpaired) electrons. The van der Waals surface area contributed by atoms with Crippen LogP contribution in [0, 0.1) is 6.92 Å². The summed E-state index contributed by atoms with van der Waals surface area (Å²) in [5.41, 5.74) is 1.40. The molecular formula is C6H8ClN3O. The molecule has 0 bridgehead atoms. The minimum atomic E-state index is 0.473. The van der Waals surface area contributed by atoms with Gasteiger partial charge < -0.3 is 5.21 Å². The largest absolute Gasteiger partial charge is 0.411 e. The second-order valence-electron chi connectivity index (χ2n) is 2.16. The average molecular weight is 174 g/mol. The first-order valence-corrected chi connectivity index (χ1v) is 3.41. The van der Waals surface area contributed by atoms with Crippen LogP contribution in [0.25, 0.3) is 0 Å². The molecule has 4 nitrogen and oxygen atoms in total. The maximum atomic E-state index is 8.25. The molecule has 11 heavy (non-hydrogen) atoms. The zero-order chi connectivity index (χ0) is 8.43. The number of hydrogen-bond donors (Lipinski definition) is 1. The molecule has 1 aromatic rings. The predicted octanol–water partition coefficient (Wildman–Crippen LogP) is 1.19. The van der Waals surface area contributed by atoms with E-state index in [1.54, 1.807) is 14.0 Å². The van der Waals surface area contributed by atoms with Gasteiger partial charge in [0.15, 0.2) is 0 Å². The van der Waals surface area contributed by atoms with Gasteiger partial charge in [0.2, 0.25) is 0 Å². The van der Waals surface area contributed by atoms with E-state index >= 15 is 0 Å². The molecule has 0 unspecified atom stereocenters. The van der Waals surface area contributed by atoms with Gasteiger partial charge in [-0.1, -0.05) is 16.8 Å².